The van der Waals surface area contributed by atoms with Crippen LogP contribution in [0.25, 0.3) is 0 Å². The molecule has 0 radical (unpaired) electrons. The third kappa shape index (κ3) is 7.03. The van der Waals surface area contributed by atoms with Gasteiger partial charge in [-0.25, -0.2) is 0 Å². The number of esters is 1. The topological polar surface area (TPSA) is 110 Å². The van der Waals surface area contributed by atoms with E-state index in [1.54, 1.807) is 18.2 Å². The van der Waals surface area contributed by atoms with Crippen molar-refractivity contribution in [1.29, 1.82) is 0 Å². The van der Waals surface area contributed by atoms with Crippen molar-refractivity contribution in [1.82, 2.24) is 0 Å². The number of hydrogen-bond acceptors (Lipinski definition) is 5. The summed E-state index contributed by atoms with van der Waals surface area (Å²) in [6.07, 6.45) is 3.14. The number of carbonyl (C=O) groups is 4. The molecule has 7 heteroatoms. The van der Waals surface area contributed by atoms with E-state index in [4.69, 9.17) is 9.84 Å². The molecule has 1 aliphatic rings. The molecule has 1 fully saturated rings. The number of ether oxygens (including phenoxy) is 1. The van der Waals surface area contributed by atoms with E-state index in [1.807, 2.05) is 50.2 Å². The summed E-state index contributed by atoms with van der Waals surface area (Å²) < 4.78 is 6.09. The number of Topliss-reactive ketones (excluding diaryl/α,β-unsaturated/α-hetero) is 1. The molecule has 1 aliphatic heterocycles. The number of amides is 1. The van der Waals surface area contributed by atoms with Crippen LogP contribution in [-0.4, -0.2) is 34.3 Å². The van der Waals surface area contributed by atoms with Crippen LogP contribution in [0.5, 0.6) is 0 Å². The average molecular weight is 494 g/mol. The first kappa shape index (κ1) is 27.1. The third-order valence-electron chi connectivity index (χ3n) is 6.84. The molecule has 2 aromatic rings. The Morgan fingerprint density at radius 2 is 1.81 bits per heavy atom. The number of anilines is 1. The number of aliphatic carboxylic acids is 1. The quantitative estimate of drug-likeness (QED) is 0.307. The van der Waals surface area contributed by atoms with Crippen LogP contribution in [0.4, 0.5) is 5.69 Å². The molecule has 0 spiro atoms. The average Bonchev–Trinajstić information content (AvgIpc) is 2.85. The third-order valence-corrected chi connectivity index (χ3v) is 6.84. The number of rotatable bonds is 12. The molecule has 3 rings (SSSR count). The summed E-state index contributed by atoms with van der Waals surface area (Å²) in [4.78, 5) is 49.6. The van der Waals surface area contributed by atoms with Crippen LogP contribution >= 0.6 is 0 Å². The van der Waals surface area contributed by atoms with Gasteiger partial charge in [-0.1, -0.05) is 62.7 Å². The predicted molar refractivity (Wildman–Crippen MR) is 137 cm³/mol. The number of carboxylic acid groups (broad SMARTS) is 1. The summed E-state index contributed by atoms with van der Waals surface area (Å²) in [7, 11) is 0. The molecule has 0 aromatic heterocycles. The molecule has 0 bridgehead atoms. The van der Waals surface area contributed by atoms with Gasteiger partial charge in [0.1, 0.15) is 11.5 Å². The summed E-state index contributed by atoms with van der Waals surface area (Å²) in [5, 5.41) is 11.5. The van der Waals surface area contributed by atoms with Crippen molar-refractivity contribution < 1.29 is 29.0 Å². The molecule has 1 amide bonds. The maximum absolute atomic E-state index is 13.5. The standard InChI is InChI=1S/C29H35NO6/c1-3-16-29(17-15-20-9-6-5-7-10-20)19-24(31)27(28(35)36-29)23(4-2)21-11-8-12-22(18-21)30-25(32)13-14-26(33)34/h5-12,18,23,27H,3-4,13-17,19H2,1-2H3,(H,30,32)(H,33,34)/t23-,27?,29-/m1/s1. The van der Waals surface area contributed by atoms with Gasteiger partial charge in [-0.05, 0) is 48.9 Å². The van der Waals surface area contributed by atoms with E-state index >= 15 is 0 Å². The van der Waals surface area contributed by atoms with Gasteiger partial charge >= 0.3 is 11.9 Å². The summed E-state index contributed by atoms with van der Waals surface area (Å²) >= 11 is 0. The van der Waals surface area contributed by atoms with Crippen LogP contribution in [0.1, 0.15) is 75.8 Å². The van der Waals surface area contributed by atoms with Crippen molar-refractivity contribution in [2.24, 2.45) is 5.92 Å². The van der Waals surface area contributed by atoms with Gasteiger partial charge < -0.3 is 15.2 Å². The number of carboxylic acids is 1. The van der Waals surface area contributed by atoms with Gasteiger partial charge in [0.15, 0.2) is 5.78 Å². The maximum atomic E-state index is 13.5. The number of hydrogen-bond donors (Lipinski definition) is 2. The lowest BCUT2D eigenvalue weighted by atomic mass is 9.74. The minimum absolute atomic E-state index is 0.101. The lowest BCUT2D eigenvalue weighted by Crippen LogP contribution is -2.49. The molecule has 1 saturated heterocycles. The van der Waals surface area contributed by atoms with E-state index in [0.717, 1.165) is 24.0 Å². The van der Waals surface area contributed by atoms with E-state index in [0.29, 0.717) is 24.9 Å². The van der Waals surface area contributed by atoms with E-state index < -0.39 is 29.4 Å². The molecule has 1 unspecified atom stereocenters. The van der Waals surface area contributed by atoms with Crippen molar-refractivity contribution in [2.75, 3.05) is 5.32 Å². The molecule has 2 aromatic carbocycles. The molecule has 36 heavy (non-hydrogen) atoms. The first-order valence-corrected chi connectivity index (χ1v) is 12.7. The van der Waals surface area contributed by atoms with Crippen LogP contribution in [0.3, 0.4) is 0 Å². The van der Waals surface area contributed by atoms with Gasteiger partial charge in [0.25, 0.3) is 0 Å². The van der Waals surface area contributed by atoms with Gasteiger partial charge in [0.2, 0.25) is 5.91 Å². The van der Waals surface area contributed by atoms with Gasteiger partial charge in [-0.15, -0.1) is 0 Å². The Labute approximate surface area is 212 Å². The molecule has 0 aliphatic carbocycles. The summed E-state index contributed by atoms with van der Waals surface area (Å²) in [5.74, 6) is -3.30. The molecule has 192 valence electrons. The van der Waals surface area contributed by atoms with E-state index in [9.17, 15) is 19.2 Å². The highest BCUT2D eigenvalue weighted by Gasteiger charge is 2.48. The first-order valence-electron chi connectivity index (χ1n) is 12.7. The van der Waals surface area contributed by atoms with E-state index in [-0.39, 0.29) is 31.0 Å². The fraction of sp³-hybridized carbons (Fsp3) is 0.448. The molecular weight excluding hydrogens is 458 g/mol. The van der Waals surface area contributed by atoms with Gasteiger partial charge in [0, 0.05) is 24.4 Å². The Bertz CT molecular complexity index is 1060. The Hall–Kier alpha value is -3.48. The number of nitrogens with one attached hydrogen (secondary N) is 1. The van der Waals surface area contributed by atoms with Crippen molar-refractivity contribution >= 4 is 29.3 Å². The maximum Gasteiger partial charge on any atom is 0.317 e. The van der Waals surface area contributed by atoms with Crippen molar-refractivity contribution in [3.05, 3.63) is 65.7 Å². The molecule has 1 heterocycles. The molecule has 7 nitrogen and oxygen atoms in total. The zero-order valence-corrected chi connectivity index (χ0v) is 21.0. The van der Waals surface area contributed by atoms with Crippen molar-refractivity contribution in [2.45, 2.75) is 76.7 Å². The minimum Gasteiger partial charge on any atom is -0.481 e. The molecule has 0 saturated carbocycles. The first-order chi connectivity index (χ1) is 17.3. The van der Waals surface area contributed by atoms with E-state index in [1.165, 1.54) is 0 Å². The second-order valence-corrected chi connectivity index (χ2v) is 9.54. The normalized spacial score (nSPS) is 20.4. The van der Waals surface area contributed by atoms with Gasteiger partial charge in [-0.2, -0.15) is 0 Å². The van der Waals surface area contributed by atoms with Crippen LogP contribution in [0.15, 0.2) is 54.6 Å². The largest absolute Gasteiger partial charge is 0.481 e. The fourth-order valence-corrected chi connectivity index (χ4v) is 5.09. The molecular formula is C29H35NO6. The Kier molecular flexibility index (Phi) is 9.39. The highest BCUT2D eigenvalue weighted by atomic mass is 16.6. The lowest BCUT2D eigenvalue weighted by molar-refractivity contribution is -0.180. The van der Waals surface area contributed by atoms with Crippen LogP contribution in [0, 0.1) is 5.92 Å². The number of cyclic esters (lactones) is 1. The SMILES string of the molecule is CCC[C@@]1(CCc2ccccc2)CC(=O)C([C@H](CC)c2cccc(NC(=O)CCC(=O)O)c2)C(=O)O1. The van der Waals surface area contributed by atoms with Crippen LogP contribution in [0.2, 0.25) is 0 Å². The van der Waals surface area contributed by atoms with Crippen LogP contribution < -0.4 is 5.32 Å². The second kappa shape index (κ2) is 12.5. The summed E-state index contributed by atoms with van der Waals surface area (Å²) in [5.41, 5.74) is 1.62. The summed E-state index contributed by atoms with van der Waals surface area (Å²) in [6, 6.07) is 17.0. The van der Waals surface area contributed by atoms with Gasteiger partial charge in [0.05, 0.1) is 6.42 Å². The highest BCUT2D eigenvalue weighted by Crippen LogP contribution is 2.41. The second-order valence-electron chi connectivity index (χ2n) is 9.54. The molecule has 3 atom stereocenters. The van der Waals surface area contributed by atoms with Crippen LogP contribution in [-0.2, 0) is 30.3 Å². The fourth-order valence-electron chi connectivity index (χ4n) is 5.09. The number of carbonyl (C=O) groups excluding carboxylic acids is 3. The van der Waals surface area contributed by atoms with Gasteiger partial charge in [-0.3, -0.25) is 19.2 Å². The monoisotopic (exact) mass is 493 g/mol. The number of benzene rings is 2. The highest BCUT2D eigenvalue weighted by molar-refractivity contribution is 6.02. The minimum atomic E-state index is -1.04. The zero-order valence-electron chi connectivity index (χ0n) is 21.0. The Morgan fingerprint density at radius 3 is 2.44 bits per heavy atom. The number of ketones is 1. The smallest absolute Gasteiger partial charge is 0.317 e. The Balaban J connectivity index is 1.75. The predicted octanol–water partition coefficient (Wildman–Crippen LogP) is 5.29. The zero-order chi connectivity index (χ0) is 26.1. The van der Waals surface area contributed by atoms with Crippen molar-refractivity contribution in [3.63, 3.8) is 0 Å². The van der Waals surface area contributed by atoms with E-state index in [2.05, 4.69) is 5.32 Å². The molecule has 2 N–H and O–H groups in total. The number of aryl methyl sites for hydroxylation is 1. The summed E-state index contributed by atoms with van der Waals surface area (Å²) in [6.45, 7) is 3.95. The Morgan fingerprint density at radius 1 is 1.06 bits per heavy atom. The lowest BCUT2D eigenvalue weighted by Gasteiger charge is -2.40. The van der Waals surface area contributed by atoms with Crippen molar-refractivity contribution in [3.8, 4) is 0 Å².